The third kappa shape index (κ3) is 10.7. The summed E-state index contributed by atoms with van der Waals surface area (Å²) in [6.07, 6.45) is 6.68. The number of hydrogen-bond acceptors (Lipinski definition) is 6. The minimum atomic E-state index is -0.352. The Morgan fingerprint density at radius 3 is 2.17 bits per heavy atom. The highest BCUT2D eigenvalue weighted by molar-refractivity contribution is 5.34. The van der Waals surface area contributed by atoms with Gasteiger partial charge in [-0.2, -0.15) is 4.99 Å². The second-order valence-corrected chi connectivity index (χ2v) is 4.33. The zero-order valence-corrected chi connectivity index (χ0v) is 11.0. The summed E-state index contributed by atoms with van der Waals surface area (Å²) in [5, 5.41) is 5.40. The number of unbranched alkanes of at least 4 members (excludes halogenated alkanes) is 1. The van der Waals surface area contributed by atoms with E-state index in [2.05, 4.69) is 16.9 Å². The molecule has 0 amide bonds. The summed E-state index contributed by atoms with van der Waals surface area (Å²) >= 11 is 0. The molecule has 0 rings (SSSR count). The molecule has 1 atom stereocenters. The van der Waals surface area contributed by atoms with Crippen LogP contribution < -0.4 is 0 Å². The smallest absolute Gasteiger partial charge is 0.222 e. The van der Waals surface area contributed by atoms with Crippen LogP contribution in [0.1, 0.15) is 40.0 Å². The first-order valence-corrected chi connectivity index (χ1v) is 5.62. The first kappa shape index (κ1) is 18.5. The summed E-state index contributed by atoms with van der Waals surface area (Å²) in [6, 6.07) is 0. The lowest BCUT2D eigenvalue weighted by Crippen LogP contribution is -2.26. The Bertz CT molecular complexity index is 348. The Balaban J connectivity index is 0. The van der Waals surface area contributed by atoms with Gasteiger partial charge >= 0.3 is 0 Å². The second kappa shape index (κ2) is 11.6. The van der Waals surface area contributed by atoms with Gasteiger partial charge < -0.3 is 0 Å². The van der Waals surface area contributed by atoms with Gasteiger partial charge in [-0.3, -0.25) is 0 Å². The second-order valence-electron chi connectivity index (χ2n) is 4.33. The van der Waals surface area contributed by atoms with E-state index in [-0.39, 0.29) is 5.54 Å². The van der Waals surface area contributed by atoms with Crippen LogP contribution in [0, 0.1) is 11.3 Å². The lowest BCUT2D eigenvalue weighted by Gasteiger charge is -2.25. The molecular formula is C12H19N3O3. The van der Waals surface area contributed by atoms with Crippen LogP contribution in [0.3, 0.4) is 0 Å². The molecule has 0 radical (unpaired) electrons. The van der Waals surface area contributed by atoms with Gasteiger partial charge in [-0.15, -0.1) is 0 Å². The molecule has 18 heavy (non-hydrogen) atoms. The molecule has 0 spiro atoms. The van der Waals surface area contributed by atoms with Crippen molar-refractivity contribution >= 4 is 18.2 Å². The number of aliphatic imine (C=N–C) groups is 2. The van der Waals surface area contributed by atoms with Gasteiger partial charge in [-0.1, -0.05) is 13.3 Å². The van der Waals surface area contributed by atoms with E-state index < -0.39 is 0 Å². The molecular weight excluding hydrogens is 234 g/mol. The Kier molecular flexibility index (Phi) is 11.9. The molecule has 0 fully saturated rings. The minimum Gasteiger partial charge on any atom is -0.222 e. The highest BCUT2D eigenvalue weighted by Crippen LogP contribution is 2.25. The Labute approximate surface area is 107 Å². The maximum Gasteiger partial charge on any atom is 0.235 e. The average molecular weight is 253 g/mol. The highest BCUT2D eigenvalue weighted by atomic mass is 16.1. The molecule has 0 aromatic carbocycles. The molecule has 0 heterocycles. The van der Waals surface area contributed by atoms with Gasteiger partial charge in [0, 0.05) is 0 Å². The van der Waals surface area contributed by atoms with Gasteiger partial charge in [-0.25, -0.2) is 24.8 Å². The van der Waals surface area contributed by atoms with Gasteiger partial charge in [-0.05, 0) is 32.6 Å². The zero-order chi connectivity index (χ0) is 14.4. The molecule has 0 aliphatic rings. The maximum absolute atomic E-state index is 10.2. The summed E-state index contributed by atoms with van der Waals surface area (Å²) in [4.78, 5) is 35.6. The molecule has 100 valence electrons. The Morgan fingerprint density at radius 2 is 1.72 bits per heavy atom. The molecule has 6 heteroatoms. The highest BCUT2D eigenvalue weighted by Gasteiger charge is 2.24. The van der Waals surface area contributed by atoms with Crippen molar-refractivity contribution in [2.75, 3.05) is 6.54 Å². The number of nitrogens with one attached hydrogen (secondary N) is 1. The summed E-state index contributed by atoms with van der Waals surface area (Å²) in [5.41, 5.74) is -0.352. The SMILES string of the molecule is CC(CCCCN=C=O)C(C)(C)N=C=O.N=C=O. The zero-order valence-electron chi connectivity index (χ0n) is 11.0. The van der Waals surface area contributed by atoms with Crippen LogP contribution in [-0.2, 0) is 14.4 Å². The van der Waals surface area contributed by atoms with Crippen molar-refractivity contribution in [3.63, 3.8) is 0 Å². The molecule has 0 aliphatic heterocycles. The van der Waals surface area contributed by atoms with Crippen LogP contribution in [-0.4, -0.2) is 30.3 Å². The summed E-state index contributed by atoms with van der Waals surface area (Å²) in [5.74, 6) is 0.319. The van der Waals surface area contributed by atoms with Crippen molar-refractivity contribution in [2.24, 2.45) is 15.9 Å². The van der Waals surface area contributed by atoms with Gasteiger partial charge in [0.05, 0.1) is 12.1 Å². The fourth-order valence-corrected chi connectivity index (χ4v) is 1.27. The molecule has 6 nitrogen and oxygen atoms in total. The molecule has 1 N–H and O–H groups in total. The van der Waals surface area contributed by atoms with E-state index in [0.29, 0.717) is 12.5 Å². The summed E-state index contributed by atoms with van der Waals surface area (Å²) in [6.45, 7) is 6.44. The monoisotopic (exact) mass is 253 g/mol. The predicted octanol–water partition coefficient (Wildman–Crippen LogP) is 2.14. The van der Waals surface area contributed by atoms with E-state index in [1.165, 1.54) is 6.08 Å². The van der Waals surface area contributed by atoms with Crippen molar-refractivity contribution in [3.05, 3.63) is 0 Å². The molecule has 1 unspecified atom stereocenters. The fourth-order valence-electron chi connectivity index (χ4n) is 1.27. The van der Waals surface area contributed by atoms with Crippen molar-refractivity contribution in [1.29, 1.82) is 5.41 Å². The molecule has 0 aromatic heterocycles. The third-order valence-electron chi connectivity index (χ3n) is 2.76. The van der Waals surface area contributed by atoms with Gasteiger partial charge in [0.25, 0.3) is 0 Å². The van der Waals surface area contributed by atoms with Crippen LogP contribution in [0.4, 0.5) is 0 Å². The van der Waals surface area contributed by atoms with E-state index in [4.69, 9.17) is 10.2 Å². The van der Waals surface area contributed by atoms with Crippen molar-refractivity contribution in [1.82, 2.24) is 0 Å². The van der Waals surface area contributed by atoms with Crippen LogP contribution in [0.15, 0.2) is 9.98 Å². The van der Waals surface area contributed by atoms with E-state index in [1.807, 2.05) is 13.8 Å². The predicted molar refractivity (Wildman–Crippen MR) is 66.6 cm³/mol. The number of hydrogen-bond donors (Lipinski definition) is 1. The average Bonchev–Trinajstić information content (AvgIpc) is 2.29. The third-order valence-corrected chi connectivity index (χ3v) is 2.76. The summed E-state index contributed by atoms with van der Waals surface area (Å²) < 4.78 is 0. The maximum atomic E-state index is 10.2. The summed E-state index contributed by atoms with van der Waals surface area (Å²) in [7, 11) is 0. The van der Waals surface area contributed by atoms with E-state index in [1.54, 1.807) is 6.08 Å². The Morgan fingerprint density at radius 1 is 1.17 bits per heavy atom. The van der Waals surface area contributed by atoms with Crippen LogP contribution in [0.25, 0.3) is 0 Å². The van der Waals surface area contributed by atoms with Gasteiger partial charge in [0.15, 0.2) is 0 Å². The van der Waals surface area contributed by atoms with Crippen molar-refractivity contribution in [3.8, 4) is 0 Å². The number of isocyanates is 3. The van der Waals surface area contributed by atoms with E-state index in [0.717, 1.165) is 25.3 Å². The molecule has 0 saturated carbocycles. The number of carbonyl (C=O) groups excluding carboxylic acids is 3. The quantitative estimate of drug-likeness (QED) is 0.427. The normalized spacial score (nSPS) is 10.8. The standard InChI is InChI=1S/C11H18N2O2.CHNO/c1-10(11(2,3)13-9-15)6-4-5-7-12-8-14;2-1-3/h10H,4-7H2,1-3H3;2H. The van der Waals surface area contributed by atoms with Crippen LogP contribution >= 0.6 is 0 Å². The minimum absolute atomic E-state index is 0.319. The van der Waals surface area contributed by atoms with E-state index >= 15 is 0 Å². The lowest BCUT2D eigenvalue weighted by atomic mass is 9.86. The molecule has 0 aliphatic carbocycles. The van der Waals surface area contributed by atoms with Gasteiger partial charge in [0.2, 0.25) is 18.2 Å². The first-order valence-electron chi connectivity index (χ1n) is 5.62. The van der Waals surface area contributed by atoms with Crippen LogP contribution in [0.2, 0.25) is 0 Å². The van der Waals surface area contributed by atoms with Gasteiger partial charge in [0.1, 0.15) is 0 Å². The number of nitrogens with zero attached hydrogens (tertiary/aromatic N) is 2. The molecule has 0 bridgehead atoms. The largest absolute Gasteiger partial charge is 0.235 e. The molecule has 0 aromatic rings. The van der Waals surface area contributed by atoms with E-state index in [9.17, 15) is 9.59 Å². The Hall–Kier alpha value is -1.86. The first-order chi connectivity index (χ1) is 8.46. The van der Waals surface area contributed by atoms with Crippen LogP contribution in [0.5, 0.6) is 0 Å². The van der Waals surface area contributed by atoms with Crippen molar-refractivity contribution < 1.29 is 14.4 Å². The molecule has 0 saturated heterocycles. The van der Waals surface area contributed by atoms with Crippen molar-refractivity contribution in [2.45, 2.75) is 45.6 Å². The lowest BCUT2D eigenvalue weighted by molar-refractivity contribution is 0.320. The fraction of sp³-hybridized carbons (Fsp3) is 0.750. The topological polar surface area (TPSA) is 99.8 Å². The number of rotatable bonds is 7.